The number of nitrogens with one attached hydrogen (secondary N) is 3. The smallest absolute Gasteiger partial charge is 0.258 e. The summed E-state index contributed by atoms with van der Waals surface area (Å²) in [5.74, 6) is -1.27. The fourth-order valence-electron chi connectivity index (χ4n) is 6.41. The number of hydrogen-bond acceptors (Lipinski definition) is 5. The van der Waals surface area contributed by atoms with Crippen LogP contribution in [-0.4, -0.2) is 71.3 Å². The number of amides is 4. The normalized spacial score (nSPS) is 27.1. The Labute approximate surface area is 262 Å². The maximum Gasteiger partial charge on any atom is 0.258 e. The first-order valence-corrected chi connectivity index (χ1v) is 15.8. The van der Waals surface area contributed by atoms with Gasteiger partial charge in [-0.3, -0.25) is 24.2 Å². The Kier molecular flexibility index (Phi) is 10.2. The molecule has 1 fully saturated rings. The summed E-state index contributed by atoms with van der Waals surface area (Å²) in [6.45, 7) is 13.7. The summed E-state index contributed by atoms with van der Waals surface area (Å²) in [6.07, 6.45) is 11.0. The van der Waals surface area contributed by atoms with Crippen LogP contribution in [0.5, 0.6) is 0 Å². The Balaban J connectivity index is 1.72. The molecule has 1 aromatic rings. The number of likely N-dealkylation sites (N-methyl/N-ethyl adjacent to an activating group) is 1. The van der Waals surface area contributed by atoms with Crippen molar-refractivity contribution in [1.82, 2.24) is 26.0 Å². The Bertz CT molecular complexity index is 1390. The molecule has 1 aromatic carbocycles. The van der Waals surface area contributed by atoms with Crippen LogP contribution in [0.3, 0.4) is 0 Å². The lowest BCUT2D eigenvalue weighted by atomic mass is 9.87. The van der Waals surface area contributed by atoms with Gasteiger partial charge in [-0.15, -0.1) is 0 Å². The predicted octanol–water partition coefficient (Wildman–Crippen LogP) is 4.00. The molecule has 0 aromatic heterocycles. The maximum atomic E-state index is 13.8. The molecule has 0 saturated carbocycles. The lowest BCUT2D eigenvalue weighted by Crippen LogP contribution is -2.62. The van der Waals surface area contributed by atoms with E-state index in [9.17, 15) is 19.2 Å². The number of aryl methyl sites for hydroxylation is 1. The minimum atomic E-state index is -0.875. The zero-order valence-electron chi connectivity index (χ0n) is 27.5. The highest BCUT2D eigenvalue weighted by atomic mass is 16.2. The highest BCUT2D eigenvalue weighted by Crippen LogP contribution is 2.28. The van der Waals surface area contributed by atoms with Gasteiger partial charge in [-0.05, 0) is 88.5 Å². The molecular formula is C35H49N5O4. The van der Waals surface area contributed by atoms with Gasteiger partial charge in [0.15, 0.2) is 0 Å². The van der Waals surface area contributed by atoms with E-state index in [2.05, 4.69) is 47.3 Å². The van der Waals surface area contributed by atoms with Crippen LogP contribution in [0.1, 0.15) is 84.4 Å². The first kappa shape index (κ1) is 33.2. The third-order valence-corrected chi connectivity index (χ3v) is 9.08. The van der Waals surface area contributed by atoms with E-state index < -0.39 is 29.4 Å². The number of benzene rings is 1. The Morgan fingerprint density at radius 2 is 1.64 bits per heavy atom. The number of fused-ring (bicyclic) bond motifs is 13. The second-order valence-corrected chi connectivity index (χ2v) is 13.5. The number of hydrogen-bond donors (Lipinski definition) is 3. The molecule has 4 unspecified atom stereocenters. The number of allylic oxidation sites excluding steroid dienone is 1. The maximum absolute atomic E-state index is 13.8. The van der Waals surface area contributed by atoms with E-state index in [1.165, 1.54) is 21.0 Å². The molecule has 9 heteroatoms. The lowest BCUT2D eigenvalue weighted by Gasteiger charge is -2.37. The molecule has 5 rings (SSSR count). The molecular weight excluding hydrogens is 554 g/mol. The van der Waals surface area contributed by atoms with Gasteiger partial charge in [0.1, 0.15) is 18.1 Å². The second-order valence-electron chi connectivity index (χ2n) is 13.5. The van der Waals surface area contributed by atoms with Crippen molar-refractivity contribution >= 4 is 35.8 Å². The van der Waals surface area contributed by atoms with E-state index in [0.717, 1.165) is 29.5 Å². The summed E-state index contributed by atoms with van der Waals surface area (Å²) >= 11 is 0. The topological polar surface area (TPSA) is 111 Å². The minimum absolute atomic E-state index is 0.166. The molecule has 3 aliphatic heterocycles. The molecule has 6 bridgehead atoms. The van der Waals surface area contributed by atoms with Crippen LogP contribution >= 0.6 is 0 Å². The Morgan fingerprint density at radius 1 is 0.932 bits per heavy atom. The standard InChI is InChI=1S/C35H49N5O4/c1-21(2)30-32(42)37-24(5)33(43)40-19-9-10-29(38-40)31(41)36-23(4)28-16-15-26-14-12-25(20-27(26)13-11-22(28)3)17-18-35(6,7)34(44)39(30)8/h12,14-18,20-21,23-24,29-30,38H,9-11,13,19H2,1-8H3,(H,36,41)(H,37,42). The van der Waals surface area contributed by atoms with Crippen LogP contribution in [0, 0.1) is 11.3 Å². The van der Waals surface area contributed by atoms with Gasteiger partial charge in [0, 0.05) is 13.6 Å². The molecule has 9 nitrogen and oxygen atoms in total. The molecule has 1 saturated heterocycles. The van der Waals surface area contributed by atoms with Gasteiger partial charge in [-0.25, -0.2) is 5.43 Å². The summed E-state index contributed by atoms with van der Waals surface area (Å²) in [7, 11) is 1.65. The van der Waals surface area contributed by atoms with Crippen molar-refractivity contribution in [3.05, 3.63) is 58.2 Å². The highest BCUT2D eigenvalue weighted by molar-refractivity contribution is 5.94. The van der Waals surface area contributed by atoms with Crippen LogP contribution in [0.25, 0.3) is 12.2 Å². The fourth-order valence-corrected chi connectivity index (χ4v) is 6.41. The SMILES string of the molecule is CC1=C2C=Cc3ccc(cc3CC1)C=CC(C)(C)C(=O)N(C)C(C(C)C)C(=O)NC(C)C(=O)N1CCCC(N1)C(=O)NC2C. The van der Waals surface area contributed by atoms with Crippen molar-refractivity contribution in [2.24, 2.45) is 11.3 Å². The Morgan fingerprint density at radius 3 is 2.34 bits per heavy atom. The van der Waals surface area contributed by atoms with Crippen molar-refractivity contribution < 1.29 is 19.2 Å². The van der Waals surface area contributed by atoms with Crippen molar-refractivity contribution in [3.8, 4) is 0 Å². The van der Waals surface area contributed by atoms with Crippen LogP contribution < -0.4 is 16.1 Å². The number of carbonyl (C=O) groups excluding carboxylic acids is 4. The van der Waals surface area contributed by atoms with E-state index >= 15 is 0 Å². The average molecular weight is 604 g/mol. The van der Waals surface area contributed by atoms with Gasteiger partial charge in [-0.1, -0.05) is 61.9 Å². The van der Waals surface area contributed by atoms with Crippen LogP contribution in [0.4, 0.5) is 0 Å². The van der Waals surface area contributed by atoms with Gasteiger partial charge >= 0.3 is 0 Å². The zero-order valence-corrected chi connectivity index (χ0v) is 27.5. The van der Waals surface area contributed by atoms with Gasteiger partial charge < -0.3 is 15.5 Å². The largest absolute Gasteiger partial charge is 0.348 e. The van der Waals surface area contributed by atoms with Gasteiger partial charge in [0.2, 0.25) is 17.7 Å². The van der Waals surface area contributed by atoms with E-state index in [0.29, 0.717) is 19.4 Å². The monoisotopic (exact) mass is 603 g/mol. The quantitative estimate of drug-likeness (QED) is 0.450. The summed E-state index contributed by atoms with van der Waals surface area (Å²) in [5, 5.41) is 7.44. The highest BCUT2D eigenvalue weighted by Gasteiger charge is 2.38. The minimum Gasteiger partial charge on any atom is -0.348 e. The van der Waals surface area contributed by atoms with Gasteiger partial charge in [0.25, 0.3) is 5.91 Å². The number of rotatable bonds is 1. The molecule has 1 aliphatic carbocycles. The molecule has 0 spiro atoms. The number of hydrazine groups is 1. The van der Waals surface area contributed by atoms with E-state index in [1.807, 2.05) is 52.8 Å². The summed E-state index contributed by atoms with van der Waals surface area (Å²) in [4.78, 5) is 55.6. The van der Waals surface area contributed by atoms with Crippen LogP contribution in [0.2, 0.25) is 0 Å². The average Bonchev–Trinajstić information content (AvgIpc) is 2.97. The second kappa shape index (κ2) is 13.5. The summed E-state index contributed by atoms with van der Waals surface area (Å²) in [6, 6.07) is 3.91. The number of nitrogens with zero attached hydrogens (tertiary/aromatic N) is 2. The third kappa shape index (κ3) is 7.32. The molecule has 4 amide bonds. The zero-order chi connectivity index (χ0) is 32.3. The van der Waals surface area contributed by atoms with E-state index in [4.69, 9.17) is 0 Å². The summed E-state index contributed by atoms with van der Waals surface area (Å²) in [5.41, 5.74) is 7.87. The van der Waals surface area contributed by atoms with E-state index in [-0.39, 0.29) is 29.7 Å². The van der Waals surface area contributed by atoms with Gasteiger partial charge in [-0.2, -0.15) is 0 Å². The van der Waals surface area contributed by atoms with Crippen molar-refractivity contribution in [2.75, 3.05) is 13.6 Å². The first-order chi connectivity index (χ1) is 20.7. The van der Waals surface area contributed by atoms with E-state index in [1.54, 1.807) is 14.0 Å². The van der Waals surface area contributed by atoms with Gasteiger partial charge in [0.05, 0.1) is 11.5 Å². The summed E-state index contributed by atoms with van der Waals surface area (Å²) < 4.78 is 0. The molecule has 44 heavy (non-hydrogen) atoms. The Hall–Kier alpha value is -3.72. The fraction of sp³-hybridized carbons (Fsp3) is 0.543. The molecule has 238 valence electrons. The molecule has 3 heterocycles. The van der Waals surface area contributed by atoms with Crippen molar-refractivity contribution in [1.29, 1.82) is 0 Å². The molecule has 0 radical (unpaired) electrons. The molecule has 4 aliphatic rings. The van der Waals surface area contributed by atoms with Crippen LogP contribution in [0.15, 0.2) is 41.5 Å². The molecule has 3 N–H and O–H groups in total. The third-order valence-electron chi connectivity index (χ3n) is 9.08. The van der Waals surface area contributed by atoms with Crippen molar-refractivity contribution in [2.45, 2.75) is 98.3 Å². The predicted molar refractivity (Wildman–Crippen MR) is 174 cm³/mol. The van der Waals surface area contributed by atoms with Crippen LogP contribution in [-0.2, 0) is 25.6 Å². The lowest BCUT2D eigenvalue weighted by molar-refractivity contribution is -0.147. The molecule has 4 atom stereocenters. The number of carbonyl (C=O) groups is 4. The first-order valence-electron chi connectivity index (χ1n) is 15.8. The van der Waals surface area contributed by atoms with Crippen molar-refractivity contribution in [3.63, 3.8) is 0 Å².